The Bertz CT molecular complexity index is 209. The second-order valence-corrected chi connectivity index (χ2v) is 2.92. The van der Waals surface area contributed by atoms with Crippen molar-refractivity contribution >= 4 is 0 Å². The minimum absolute atomic E-state index is 0.455. The molecular formula is C8H12O5. The Morgan fingerprint density at radius 3 is 2.23 bits per heavy atom. The normalized spacial score (nSPS) is 45.6. The molecule has 0 amide bonds. The van der Waals surface area contributed by atoms with E-state index >= 15 is 0 Å². The Hall–Kier alpha value is -0.640. The van der Waals surface area contributed by atoms with Gasteiger partial charge in [-0.3, -0.25) is 0 Å². The molecule has 0 aliphatic carbocycles. The third kappa shape index (κ3) is 1.82. The molecule has 74 valence electrons. The summed E-state index contributed by atoms with van der Waals surface area (Å²) in [5.41, 5.74) is 0. The van der Waals surface area contributed by atoms with Crippen LogP contribution in [0.15, 0.2) is 0 Å². The lowest BCUT2D eigenvalue weighted by Crippen LogP contribution is -2.58. The molecule has 1 saturated heterocycles. The maximum atomic E-state index is 9.26. The van der Waals surface area contributed by atoms with E-state index in [2.05, 4.69) is 5.92 Å². The van der Waals surface area contributed by atoms with Gasteiger partial charge in [0.05, 0.1) is 6.61 Å². The van der Waals surface area contributed by atoms with Crippen LogP contribution in [0.4, 0.5) is 0 Å². The van der Waals surface area contributed by atoms with Crippen molar-refractivity contribution in [2.24, 2.45) is 0 Å². The molecule has 0 aromatic heterocycles. The van der Waals surface area contributed by atoms with Crippen LogP contribution in [0.1, 0.15) is 0 Å². The van der Waals surface area contributed by atoms with E-state index in [1.54, 1.807) is 0 Å². The third-order valence-electron chi connectivity index (χ3n) is 2.06. The van der Waals surface area contributed by atoms with E-state index in [1.807, 2.05) is 0 Å². The first-order valence-corrected chi connectivity index (χ1v) is 3.88. The molecule has 1 aliphatic heterocycles. The minimum atomic E-state index is -1.38. The van der Waals surface area contributed by atoms with Crippen molar-refractivity contribution in [2.45, 2.75) is 30.5 Å². The molecule has 0 bridgehead atoms. The van der Waals surface area contributed by atoms with Crippen molar-refractivity contribution < 1.29 is 25.2 Å². The van der Waals surface area contributed by atoms with E-state index in [0.29, 0.717) is 0 Å². The van der Waals surface area contributed by atoms with Crippen molar-refractivity contribution in [3.05, 3.63) is 0 Å². The molecule has 0 spiro atoms. The van der Waals surface area contributed by atoms with Gasteiger partial charge in [-0.25, -0.2) is 0 Å². The van der Waals surface area contributed by atoms with Crippen LogP contribution in [-0.2, 0) is 4.74 Å². The van der Waals surface area contributed by atoms with E-state index < -0.39 is 37.1 Å². The number of aliphatic hydroxyl groups excluding tert-OH is 4. The van der Waals surface area contributed by atoms with E-state index in [1.165, 1.54) is 0 Å². The van der Waals surface area contributed by atoms with E-state index in [9.17, 15) is 15.3 Å². The zero-order valence-electron chi connectivity index (χ0n) is 6.87. The van der Waals surface area contributed by atoms with Crippen molar-refractivity contribution in [1.82, 2.24) is 0 Å². The summed E-state index contributed by atoms with van der Waals surface area (Å²) in [6, 6.07) is 0. The van der Waals surface area contributed by atoms with Gasteiger partial charge in [0.15, 0.2) is 0 Å². The molecule has 1 aliphatic rings. The quantitative estimate of drug-likeness (QED) is 0.340. The van der Waals surface area contributed by atoms with Crippen LogP contribution in [0.5, 0.6) is 0 Å². The Balaban J connectivity index is 2.73. The second kappa shape index (κ2) is 4.05. The first kappa shape index (κ1) is 10.4. The van der Waals surface area contributed by atoms with Crippen LogP contribution in [0.3, 0.4) is 0 Å². The summed E-state index contributed by atoms with van der Waals surface area (Å²) in [5, 5.41) is 36.5. The Morgan fingerprint density at radius 1 is 1.15 bits per heavy atom. The van der Waals surface area contributed by atoms with Crippen molar-refractivity contribution in [3.63, 3.8) is 0 Å². The van der Waals surface area contributed by atoms with Gasteiger partial charge < -0.3 is 25.2 Å². The number of ether oxygens (including phenoxy) is 1. The Morgan fingerprint density at radius 2 is 1.77 bits per heavy atom. The summed E-state index contributed by atoms with van der Waals surface area (Å²) in [5.74, 6) is 2.11. The molecule has 1 rings (SSSR count). The second-order valence-electron chi connectivity index (χ2n) is 2.92. The molecule has 5 atom stereocenters. The molecule has 0 radical (unpaired) electrons. The molecule has 0 aromatic rings. The lowest BCUT2D eigenvalue weighted by atomic mass is 9.96. The van der Waals surface area contributed by atoms with Crippen molar-refractivity contribution in [1.29, 1.82) is 0 Å². The third-order valence-corrected chi connectivity index (χ3v) is 2.06. The SMILES string of the molecule is C#C[C@@H]1O[C@H](CO)[C@H](O)[C@H](O)[C@H]1O. The summed E-state index contributed by atoms with van der Waals surface area (Å²) < 4.78 is 4.93. The van der Waals surface area contributed by atoms with Crippen LogP contribution in [0.2, 0.25) is 0 Å². The van der Waals surface area contributed by atoms with E-state index in [-0.39, 0.29) is 0 Å². The van der Waals surface area contributed by atoms with Crippen LogP contribution in [0.25, 0.3) is 0 Å². The molecular weight excluding hydrogens is 176 g/mol. The highest BCUT2D eigenvalue weighted by molar-refractivity contribution is 5.05. The average molecular weight is 188 g/mol. The topological polar surface area (TPSA) is 90.2 Å². The summed E-state index contributed by atoms with van der Waals surface area (Å²) in [7, 11) is 0. The fourth-order valence-electron chi connectivity index (χ4n) is 1.24. The fourth-order valence-corrected chi connectivity index (χ4v) is 1.24. The minimum Gasteiger partial charge on any atom is -0.394 e. The van der Waals surface area contributed by atoms with Gasteiger partial charge in [-0.15, -0.1) is 6.42 Å². The summed E-state index contributed by atoms with van der Waals surface area (Å²) in [4.78, 5) is 0. The van der Waals surface area contributed by atoms with Gasteiger partial charge >= 0.3 is 0 Å². The van der Waals surface area contributed by atoms with Crippen LogP contribution >= 0.6 is 0 Å². The zero-order valence-corrected chi connectivity index (χ0v) is 6.87. The number of hydrogen-bond donors (Lipinski definition) is 4. The molecule has 5 nitrogen and oxygen atoms in total. The van der Waals surface area contributed by atoms with Crippen LogP contribution in [0, 0.1) is 12.3 Å². The van der Waals surface area contributed by atoms with Gasteiger partial charge in [-0.05, 0) is 0 Å². The number of terminal acetylenes is 1. The monoisotopic (exact) mass is 188 g/mol. The average Bonchev–Trinajstić information content (AvgIpc) is 2.15. The molecule has 0 unspecified atom stereocenters. The summed E-state index contributed by atoms with van der Waals surface area (Å²) in [6.07, 6.45) is -0.941. The number of hydrogen-bond acceptors (Lipinski definition) is 5. The van der Waals surface area contributed by atoms with Crippen molar-refractivity contribution in [2.75, 3.05) is 6.61 Å². The van der Waals surface area contributed by atoms with Crippen molar-refractivity contribution in [3.8, 4) is 12.3 Å². The maximum absolute atomic E-state index is 9.26. The molecule has 1 fully saturated rings. The first-order chi connectivity index (χ1) is 6.11. The van der Waals surface area contributed by atoms with E-state index in [0.717, 1.165) is 0 Å². The number of aliphatic hydroxyl groups is 4. The predicted molar refractivity (Wildman–Crippen MR) is 42.6 cm³/mol. The zero-order chi connectivity index (χ0) is 10.0. The van der Waals surface area contributed by atoms with E-state index in [4.69, 9.17) is 16.3 Å². The first-order valence-electron chi connectivity index (χ1n) is 3.88. The lowest BCUT2D eigenvalue weighted by Gasteiger charge is -2.37. The molecule has 5 heteroatoms. The molecule has 13 heavy (non-hydrogen) atoms. The summed E-state index contributed by atoms with van der Waals surface area (Å²) in [6.45, 7) is -0.455. The van der Waals surface area contributed by atoms with Gasteiger partial charge in [0.1, 0.15) is 30.5 Å². The Kier molecular flexibility index (Phi) is 3.25. The van der Waals surface area contributed by atoms with Gasteiger partial charge in [-0.1, -0.05) is 5.92 Å². The largest absolute Gasteiger partial charge is 0.394 e. The highest BCUT2D eigenvalue weighted by atomic mass is 16.5. The number of rotatable bonds is 1. The standard InChI is InChI=1S/C8H12O5/c1-2-4-6(10)8(12)7(11)5(3-9)13-4/h1,4-12H,3H2/t4-,5+,6-,7-,8+/m0/s1. The van der Waals surface area contributed by atoms with Gasteiger partial charge in [0.25, 0.3) is 0 Å². The fraction of sp³-hybridized carbons (Fsp3) is 0.750. The molecule has 0 aromatic carbocycles. The van der Waals surface area contributed by atoms with Gasteiger partial charge in [0, 0.05) is 0 Å². The van der Waals surface area contributed by atoms with Gasteiger partial charge in [0.2, 0.25) is 0 Å². The maximum Gasteiger partial charge on any atom is 0.146 e. The highest BCUT2D eigenvalue weighted by Crippen LogP contribution is 2.20. The lowest BCUT2D eigenvalue weighted by molar-refractivity contribution is -0.214. The molecule has 0 saturated carbocycles. The summed E-state index contributed by atoms with van der Waals surface area (Å²) >= 11 is 0. The Labute approximate surface area is 75.6 Å². The van der Waals surface area contributed by atoms with Crippen LogP contribution < -0.4 is 0 Å². The molecule has 4 N–H and O–H groups in total. The molecule has 1 heterocycles. The smallest absolute Gasteiger partial charge is 0.146 e. The highest BCUT2D eigenvalue weighted by Gasteiger charge is 2.42. The van der Waals surface area contributed by atoms with Crippen LogP contribution in [-0.4, -0.2) is 57.6 Å². The van der Waals surface area contributed by atoms with Gasteiger partial charge in [-0.2, -0.15) is 0 Å². The predicted octanol–water partition coefficient (Wildman–Crippen LogP) is -2.54.